The fourth-order valence-electron chi connectivity index (χ4n) is 2.80. The van der Waals surface area contributed by atoms with Crippen LogP contribution in [-0.4, -0.2) is 42.1 Å². The van der Waals surface area contributed by atoms with Crippen LogP contribution < -0.4 is 0 Å². The zero-order valence-electron chi connectivity index (χ0n) is 13.2. The van der Waals surface area contributed by atoms with Gasteiger partial charge in [-0.15, -0.1) is 0 Å². The van der Waals surface area contributed by atoms with Gasteiger partial charge >= 0.3 is 5.97 Å². The molecule has 0 N–H and O–H groups in total. The lowest BCUT2D eigenvalue weighted by atomic mass is 9.97. The summed E-state index contributed by atoms with van der Waals surface area (Å²) < 4.78 is 4.97. The lowest BCUT2D eigenvalue weighted by Crippen LogP contribution is -2.42. The quantitative estimate of drug-likeness (QED) is 0.513. The predicted molar refractivity (Wildman–Crippen MR) is 93.9 cm³/mol. The molecule has 1 aliphatic heterocycles. The maximum absolute atomic E-state index is 12.3. The molecule has 1 fully saturated rings. The molecule has 1 unspecified atom stereocenters. The van der Waals surface area contributed by atoms with Gasteiger partial charge < -0.3 is 4.74 Å². The standard InChI is InChI=1S/C17H20ClNO3S/c1-11(20)9-12-10-19(8-7-15(12)23)16(17(21)22-2)13-5-3-4-6-14(13)18/h3-6,9,15-16,23H,7-8,10H2,1-2H3/b12-9-/t15?,16-/m0/s1. The lowest BCUT2D eigenvalue weighted by Gasteiger charge is -2.37. The largest absolute Gasteiger partial charge is 0.468 e. The summed E-state index contributed by atoms with van der Waals surface area (Å²) in [5.41, 5.74) is 1.62. The third-order valence-corrected chi connectivity index (χ3v) is 4.82. The number of likely N-dealkylation sites (tertiary alicyclic amines) is 1. The molecule has 2 rings (SSSR count). The van der Waals surface area contributed by atoms with E-state index in [1.165, 1.54) is 14.0 Å². The second-order valence-corrected chi connectivity index (χ2v) is 6.58. The molecule has 124 valence electrons. The molecule has 0 amide bonds. The Morgan fingerprint density at radius 3 is 2.74 bits per heavy atom. The van der Waals surface area contributed by atoms with Crippen molar-refractivity contribution in [1.82, 2.24) is 4.90 Å². The number of piperidine rings is 1. The minimum Gasteiger partial charge on any atom is -0.468 e. The highest BCUT2D eigenvalue weighted by molar-refractivity contribution is 7.81. The van der Waals surface area contributed by atoms with Crippen LogP contribution in [0.4, 0.5) is 0 Å². The molecule has 0 radical (unpaired) electrons. The number of halogens is 1. The fourth-order valence-corrected chi connectivity index (χ4v) is 3.31. The zero-order valence-corrected chi connectivity index (χ0v) is 14.8. The van der Waals surface area contributed by atoms with Crippen molar-refractivity contribution in [3.63, 3.8) is 0 Å². The van der Waals surface area contributed by atoms with Crippen molar-refractivity contribution in [2.24, 2.45) is 0 Å². The van der Waals surface area contributed by atoms with E-state index in [0.29, 0.717) is 23.7 Å². The summed E-state index contributed by atoms with van der Waals surface area (Å²) in [7, 11) is 1.36. The van der Waals surface area contributed by atoms with Crippen LogP contribution in [0, 0.1) is 0 Å². The van der Waals surface area contributed by atoms with Gasteiger partial charge in [0.2, 0.25) is 0 Å². The molecule has 4 nitrogen and oxygen atoms in total. The Kier molecular flexibility index (Phi) is 6.27. The number of thiol groups is 1. The molecule has 1 aliphatic rings. The first kappa shape index (κ1) is 18.0. The molecule has 0 saturated carbocycles. The van der Waals surface area contributed by atoms with E-state index in [4.69, 9.17) is 16.3 Å². The van der Waals surface area contributed by atoms with Gasteiger partial charge in [0, 0.05) is 23.4 Å². The highest BCUT2D eigenvalue weighted by atomic mass is 35.5. The molecule has 2 atom stereocenters. The molecule has 0 aromatic heterocycles. The van der Waals surface area contributed by atoms with Crippen LogP contribution in [-0.2, 0) is 14.3 Å². The van der Waals surface area contributed by atoms with Crippen LogP contribution in [0.25, 0.3) is 0 Å². The number of methoxy groups -OCH3 is 1. The zero-order chi connectivity index (χ0) is 17.0. The van der Waals surface area contributed by atoms with Crippen molar-refractivity contribution in [2.75, 3.05) is 20.2 Å². The van der Waals surface area contributed by atoms with Gasteiger partial charge in [-0.25, -0.2) is 4.79 Å². The van der Waals surface area contributed by atoms with Gasteiger partial charge in [0.1, 0.15) is 6.04 Å². The normalized spacial score (nSPS) is 21.9. The van der Waals surface area contributed by atoms with Crippen molar-refractivity contribution in [2.45, 2.75) is 24.6 Å². The van der Waals surface area contributed by atoms with Crippen LogP contribution in [0.3, 0.4) is 0 Å². The summed E-state index contributed by atoms with van der Waals surface area (Å²) in [6.45, 7) is 2.67. The van der Waals surface area contributed by atoms with Gasteiger partial charge in [0.25, 0.3) is 0 Å². The maximum Gasteiger partial charge on any atom is 0.327 e. The Balaban J connectivity index is 2.35. The number of esters is 1. The van der Waals surface area contributed by atoms with Crippen molar-refractivity contribution in [1.29, 1.82) is 0 Å². The summed E-state index contributed by atoms with van der Waals surface area (Å²) >= 11 is 10.8. The Hall–Kier alpha value is -1.30. The molecular weight excluding hydrogens is 334 g/mol. The number of benzene rings is 1. The van der Waals surface area contributed by atoms with Crippen molar-refractivity contribution >= 4 is 36.0 Å². The second kappa shape index (κ2) is 7.99. The van der Waals surface area contributed by atoms with Gasteiger partial charge in [-0.2, -0.15) is 12.6 Å². The first-order valence-corrected chi connectivity index (χ1v) is 8.29. The number of hydrogen-bond donors (Lipinski definition) is 1. The van der Waals surface area contributed by atoms with Crippen molar-refractivity contribution in [3.8, 4) is 0 Å². The highest BCUT2D eigenvalue weighted by Gasteiger charge is 2.34. The van der Waals surface area contributed by atoms with Gasteiger partial charge in [-0.3, -0.25) is 9.69 Å². The number of carbonyl (C=O) groups excluding carboxylic acids is 2. The summed E-state index contributed by atoms with van der Waals surface area (Å²) in [6.07, 6.45) is 2.35. The minimum atomic E-state index is -0.593. The third-order valence-electron chi connectivity index (χ3n) is 3.88. The van der Waals surface area contributed by atoms with E-state index in [2.05, 4.69) is 12.6 Å². The van der Waals surface area contributed by atoms with Crippen molar-refractivity contribution in [3.05, 3.63) is 46.5 Å². The van der Waals surface area contributed by atoms with Crippen LogP contribution in [0.5, 0.6) is 0 Å². The molecule has 1 saturated heterocycles. The molecule has 1 heterocycles. The maximum atomic E-state index is 12.3. The monoisotopic (exact) mass is 353 g/mol. The molecule has 0 bridgehead atoms. The molecule has 23 heavy (non-hydrogen) atoms. The Morgan fingerprint density at radius 1 is 1.43 bits per heavy atom. The number of hydrogen-bond acceptors (Lipinski definition) is 5. The molecule has 0 spiro atoms. The molecule has 0 aliphatic carbocycles. The van der Waals surface area contributed by atoms with Crippen LogP contribution in [0.1, 0.15) is 24.9 Å². The number of ketones is 1. The van der Waals surface area contributed by atoms with Crippen LogP contribution >= 0.6 is 24.2 Å². The molecular formula is C17H20ClNO3S. The van der Waals surface area contributed by atoms with Crippen LogP contribution in [0.15, 0.2) is 35.9 Å². The van der Waals surface area contributed by atoms with Gasteiger partial charge in [-0.05, 0) is 36.6 Å². The van der Waals surface area contributed by atoms with E-state index in [0.717, 1.165) is 12.0 Å². The summed E-state index contributed by atoms with van der Waals surface area (Å²) in [5.74, 6) is -0.383. The minimum absolute atomic E-state index is 0.0201. The van der Waals surface area contributed by atoms with Gasteiger partial charge in [0.05, 0.1) is 7.11 Å². The van der Waals surface area contributed by atoms with Crippen molar-refractivity contribution < 1.29 is 14.3 Å². The fraction of sp³-hybridized carbons (Fsp3) is 0.412. The topological polar surface area (TPSA) is 46.6 Å². The Bertz CT molecular complexity index is 632. The summed E-state index contributed by atoms with van der Waals surface area (Å²) in [5, 5.41) is 0.549. The number of nitrogens with zero attached hydrogens (tertiary/aromatic N) is 1. The smallest absolute Gasteiger partial charge is 0.327 e. The van der Waals surface area contributed by atoms with E-state index < -0.39 is 6.04 Å². The average molecular weight is 354 g/mol. The van der Waals surface area contributed by atoms with E-state index in [1.807, 2.05) is 23.1 Å². The van der Waals surface area contributed by atoms with Gasteiger partial charge in [-0.1, -0.05) is 29.8 Å². The summed E-state index contributed by atoms with van der Waals surface area (Å²) in [4.78, 5) is 25.7. The average Bonchev–Trinajstić information content (AvgIpc) is 2.51. The Labute approximate surface area is 146 Å². The van der Waals surface area contributed by atoms with E-state index in [1.54, 1.807) is 12.1 Å². The predicted octanol–water partition coefficient (Wildman–Crippen LogP) is 3.07. The van der Waals surface area contributed by atoms with E-state index in [9.17, 15) is 9.59 Å². The van der Waals surface area contributed by atoms with E-state index >= 15 is 0 Å². The number of ether oxygens (including phenoxy) is 1. The lowest BCUT2D eigenvalue weighted by molar-refractivity contribution is -0.147. The van der Waals surface area contributed by atoms with Gasteiger partial charge in [0.15, 0.2) is 5.78 Å². The SMILES string of the molecule is COC(=O)[C@H](c1ccccc1Cl)N1CCC(S)/C(=C\C(C)=O)C1. The number of rotatable bonds is 4. The third kappa shape index (κ3) is 4.37. The highest BCUT2D eigenvalue weighted by Crippen LogP contribution is 2.33. The molecule has 6 heteroatoms. The first-order chi connectivity index (χ1) is 10.9. The molecule has 1 aromatic rings. The molecule has 1 aromatic carbocycles. The van der Waals surface area contributed by atoms with Crippen LogP contribution in [0.2, 0.25) is 5.02 Å². The second-order valence-electron chi connectivity index (χ2n) is 5.55. The summed E-state index contributed by atoms with van der Waals surface area (Å²) in [6, 6.07) is 6.65. The van der Waals surface area contributed by atoms with E-state index in [-0.39, 0.29) is 17.0 Å². The number of allylic oxidation sites excluding steroid dienone is 1. The Morgan fingerprint density at radius 2 is 2.13 bits per heavy atom. The first-order valence-electron chi connectivity index (χ1n) is 7.39. The number of carbonyl (C=O) groups is 2.